The van der Waals surface area contributed by atoms with Crippen LogP contribution in [0.4, 0.5) is 0 Å². The van der Waals surface area contributed by atoms with Crippen molar-refractivity contribution in [3.8, 4) is 0 Å². The first-order valence-electron chi connectivity index (χ1n) is 9.90. The summed E-state index contributed by atoms with van der Waals surface area (Å²) < 4.78 is 28.0. The summed E-state index contributed by atoms with van der Waals surface area (Å²) in [7, 11) is -3.31. The summed E-state index contributed by atoms with van der Waals surface area (Å²) in [6.45, 7) is 0.887. The van der Waals surface area contributed by atoms with Gasteiger partial charge in [0.05, 0.1) is 12.3 Å². The lowest BCUT2D eigenvalue weighted by Crippen LogP contribution is -2.55. The number of carboxylic acids is 1. The average Bonchev–Trinajstić information content (AvgIpc) is 3.26. The van der Waals surface area contributed by atoms with E-state index in [-0.39, 0.29) is 30.3 Å². The number of sulfonamides is 1. The zero-order valence-corrected chi connectivity index (χ0v) is 16.3. The van der Waals surface area contributed by atoms with Crippen LogP contribution in [0, 0.1) is 11.8 Å². The van der Waals surface area contributed by atoms with Crippen LogP contribution in [0.3, 0.4) is 0 Å². The summed E-state index contributed by atoms with van der Waals surface area (Å²) in [4.78, 5) is 13.1. The Labute approximate surface area is 161 Å². The molecule has 148 valence electrons. The van der Waals surface area contributed by atoms with E-state index < -0.39 is 16.0 Å². The highest BCUT2D eigenvalue weighted by molar-refractivity contribution is 7.89. The fourth-order valence-corrected chi connectivity index (χ4v) is 6.16. The van der Waals surface area contributed by atoms with Gasteiger partial charge < -0.3 is 5.11 Å². The fourth-order valence-electron chi connectivity index (χ4n) is 4.51. The molecular weight excluding hydrogens is 364 g/mol. The van der Waals surface area contributed by atoms with E-state index in [4.69, 9.17) is 5.11 Å². The van der Waals surface area contributed by atoms with Crippen LogP contribution < -0.4 is 4.72 Å². The molecule has 0 bridgehead atoms. The largest absolute Gasteiger partial charge is 0.480 e. The van der Waals surface area contributed by atoms with Crippen molar-refractivity contribution < 1.29 is 18.3 Å². The van der Waals surface area contributed by atoms with Gasteiger partial charge in [0.2, 0.25) is 10.0 Å². The number of benzene rings is 1. The van der Waals surface area contributed by atoms with Gasteiger partial charge in [-0.1, -0.05) is 24.3 Å². The highest BCUT2D eigenvalue weighted by Gasteiger charge is 2.39. The molecule has 0 spiro atoms. The van der Waals surface area contributed by atoms with Gasteiger partial charge in [-0.15, -0.1) is 0 Å². The third-order valence-electron chi connectivity index (χ3n) is 6.09. The van der Waals surface area contributed by atoms with Crippen molar-refractivity contribution in [3.63, 3.8) is 0 Å². The van der Waals surface area contributed by atoms with Crippen LogP contribution in [0.2, 0.25) is 0 Å². The molecule has 3 aliphatic carbocycles. The van der Waals surface area contributed by atoms with Crippen LogP contribution in [0.1, 0.15) is 36.8 Å². The zero-order valence-electron chi connectivity index (χ0n) is 15.5. The number of nitrogens with zero attached hydrogens (tertiary/aromatic N) is 1. The second-order valence-electron chi connectivity index (χ2n) is 8.53. The van der Waals surface area contributed by atoms with E-state index in [1.807, 2.05) is 17.0 Å². The van der Waals surface area contributed by atoms with Crippen molar-refractivity contribution in [2.24, 2.45) is 11.8 Å². The number of fused-ring (bicyclic) bond motifs is 1. The second kappa shape index (κ2) is 7.53. The number of hydrogen-bond donors (Lipinski definition) is 2. The number of carbonyl (C=O) groups is 1. The van der Waals surface area contributed by atoms with Gasteiger partial charge in [0.15, 0.2) is 0 Å². The summed E-state index contributed by atoms with van der Waals surface area (Å²) >= 11 is 0. The first-order chi connectivity index (χ1) is 12.9. The molecule has 6 nitrogen and oxygen atoms in total. The topological polar surface area (TPSA) is 86.7 Å². The standard InChI is InChI=1S/C20H28N2O4S/c23-20(24)12-22(11-14-5-6-14)19-9-18(10-19)21-27(25,26)13-15-7-16-3-1-2-4-17(16)8-15/h1-4,14-15,18-19,21H,5-13H2,(H,23,24). The van der Waals surface area contributed by atoms with Gasteiger partial charge in [0, 0.05) is 18.6 Å². The van der Waals surface area contributed by atoms with Crippen LogP contribution >= 0.6 is 0 Å². The van der Waals surface area contributed by atoms with Crippen molar-refractivity contribution in [1.82, 2.24) is 9.62 Å². The van der Waals surface area contributed by atoms with Crippen molar-refractivity contribution in [2.45, 2.75) is 50.6 Å². The van der Waals surface area contributed by atoms with E-state index in [2.05, 4.69) is 16.9 Å². The summed E-state index contributed by atoms with van der Waals surface area (Å²) in [6.07, 6.45) is 5.45. The highest BCUT2D eigenvalue weighted by atomic mass is 32.2. The molecule has 0 amide bonds. The zero-order chi connectivity index (χ0) is 19.0. The smallest absolute Gasteiger partial charge is 0.317 e. The molecule has 0 aromatic heterocycles. The Kier molecular flexibility index (Phi) is 5.27. The molecular formula is C20H28N2O4S. The molecule has 2 N–H and O–H groups in total. The Balaban J connectivity index is 1.25. The summed E-state index contributed by atoms with van der Waals surface area (Å²) in [5.74, 6) is 0.141. The van der Waals surface area contributed by atoms with E-state index in [1.54, 1.807) is 0 Å². The Morgan fingerprint density at radius 1 is 1.11 bits per heavy atom. The van der Waals surface area contributed by atoms with Gasteiger partial charge in [0.25, 0.3) is 0 Å². The molecule has 2 fully saturated rings. The predicted octanol–water partition coefficient (Wildman–Crippen LogP) is 1.65. The van der Waals surface area contributed by atoms with Crippen molar-refractivity contribution in [3.05, 3.63) is 35.4 Å². The van der Waals surface area contributed by atoms with Gasteiger partial charge in [0.1, 0.15) is 0 Å². The van der Waals surface area contributed by atoms with Crippen molar-refractivity contribution >= 4 is 16.0 Å². The maximum absolute atomic E-state index is 12.6. The molecule has 2 saturated carbocycles. The second-order valence-corrected chi connectivity index (χ2v) is 10.3. The monoisotopic (exact) mass is 392 g/mol. The summed E-state index contributed by atoms with van der Waals surface area (Å²) in [6, 6.07) is 8.32. The molecule has 0 unspecified atom stereocenters. The minimum Gasteiger partial charge on any atom is -0.480 e. The molecule has 7 heteroatoms. The molecule has 27 heavy (non-hydrogen) atoms. The lowest BCUT2D eigenvalue weighted by Gasteiger charge is -2.42. The van der Waals surface area contributed by atoms with Crippen LogP contribution in [-0.4, -0.2) is 55.3 Å². The van der Waals surface area contributed by atoms with Gasteiger partial charge >= 0.3 is 5.97 Å². The van der Waals surface area contributed by atoms with Gasteiger partial charge in [-0.25, -0.2) is 13.1 Å². The molecule has 0 aliphatic heterocycles. The Hall–Kier alpha value is -1.44. The Bertz CT molecular complexity index is 775. The van der Waals surface area contributed by atoms with Gasteiger partial charge in [-0.2, -0.15) is 0 Å². The maximum Gasteiger partial charge on any atom is 0.317 e. The van der Waals surface area contributed by atoms with Crippen LogP contribution in [-0.2, 0) is 27.7 Å². The lowest BCUT2D eigenvalue weighted by atomic mass is 9.86. The van der Waals surface area contributed by atoms with Gasteiger partial charge in [-0.05, 0) is 61.5 Å². The number of nitrogens with one attached hydrogen (secondary N) is 1. The molecule has 0 heterocycles. The molecule has 0 radical (unpaired) electrons. The van der Waals surface area contributed by atoms with Crippen LogP contribution in [0.15, 0.2) is 24.3 Å². The predicted molar refractivity (Wildman–Crippen MR) is 103 cm³/mol. The van der Waals surface area contributed by atoms with E-state index in [0.717, 1.165) is 19.4 Å². The van der Waals surface area contributed by atoms with Crippen LogP contribution in [0.25, 0.3) is 0 Å². The number of rotatable bonds is 9. The number of aliphatic carboxylic acids is 1. The Morgan fingerprint density at radius 2 is 1.74 bits per heavy atom. The first kappa shape index (κ1) is 18.9. The fraction of sp³-hybridized carbons (Fsp3) is 0.650. The van der Waals surface area contributed by atoms with E-state index >= 15 is 0 Å². The SMILES string of the molecule is O=C(O)CN(CC1CC1)C1CC(NS(=O)(=O)CC2Cc3ccccc3C2)C1. The van der Waals surface area contributed by atoms with E-state index in [0.29, 0.717) is 18.8 Å². The quantitative estimate of drug-likeness (QED) is 0.667. The molecule has 1 aromatic carbocycles. The normalized spacial score (nSPS) is 25.4. The minimum atomic E-state index is -3.31. The third-order valence-corrected chi connectivity index (χ3v) is 7.70. The average molecular weight is 393 g/mol. The highest BCUT2D eigenvalue weighted by Crippen LogP contribution is 2.34. The number of carboxylic acid groups (broad SMARTS) is 1. The molecule has 3 aliphatic rings. The van der Waals surface area contributed by atoms with Crippen LogP contribution in [0.5, 0.6) is 0 Å². The molecule has 1 aromatic rings. The van der Waals surface area contributed by atoms with Crippen molar-refractivity contribution in [2.75, 3.05) is 18.8 Å². The molecule has 4 rings (SSSR count). The number of hydrogen-bond acceptors (Lipinski definition) is 4. The molecule has 0 saturated heterocycles. The Morgan fingerprint density at radius 3 is 2.30 bits per heavy atom. The van der Waals surface area contributed by atoms with E-state index in [9.17, 15) is 13.2 Å². The van der Waals surface area contributed by atoms with E-state index in [1.165, 1.54) is 24.0 Å². The van der Waals surface area contributed by atoms with Gasteiger partial charge in [-0.3, -0.25) is 9.69 Å². The summed E-state index contributed by atoms with van der Waals surface area (Å²) in [5.41, 5.74) is 2.54. The third kappa shape index (κ3) is 4.89. The maximum atomic E-state index is 12.6. The lowest BCUT2D eigenvalue weighted by molar-refractivity contribution is -0.139. The van der Waals surface area contributed by atoms with Crippen molar-refractivity contribution in [1.29, 1.82) is 0 Å². The minimum absolute atomic E-state index is 0.0562. The summed E-state index contributed by atoms with van der Waals surface area (Å²) in [5, 5.41) is 9.12. The first-order valence-corrected chi connectivity index (χ1v) is 11.6. The molecule has 0 atom stereocenters.